The minimum Gasteiger partial charge on any atom is -0.294 e. The summed E-state index contributed by atoms with van der Waals surface area (Å²) in [5.74, 6) is 0. The van der Waals surface area contributed by atoms with Gasteiger partial charge in [-0.15, -0.1) is 12.3 Å². The zero-order valence-electron chi connectivity index (χ0n) is 8.88. The second-order valence-electron chi connectivity index (χ2n) is 3.63. The minimum atomic E-state index is 0.0255. The molecule has 0 bridgehead atoms. The molecule has 0 atom stereocenters. The molecule has 0 N–H and O–H groups in total. The van der Waals surface area contributed by atoms with E-state index in [0.29, 0.717) is 6.17 Å². The highest BCUT2D eigenvalue weighted by Crippen LogP contribution is 2.05. The van der Waals surface area contributed by atoms with Crippen LogP contribution in [0.3, 0.4) is 0 Å². The van der Waals surface area contributed by atoms with Gasteiger partial charge in [0.25, 0.3) is 0 Å². The van der Waals surface area contributed by atoms with Crippen molar-refractivity contribution < 1.29 is 0 Å². The monoisotopic (exact) mass is 186 g/mol. The van der Waals surface area contributed by atoms with Crippen molar-refractivity contribution in [3.8, 4) is 0 Å². The van der Waals surface area contributed by atoms with Gasteiger partial charge >= 0.3 is 0 Å². The molecule has 0 rings (SSSR count). The number of hydrogen-bond donors (Lipinski definition) is 0. The Labute approximate surface area is 79.1 Å². The molecule has 0 fully saturated rings. The maximum Gasteiger partial charge on any atom is 0.0609 e. The standard InChI is InChI=1S/C9H22N2Si/c1-6-12-8-7-9(10(2)3)11(4)5/h6,9H,1,7-8,12H2,2-5H3. The van der Waals surface area contributed by atoms with E-state index in [1.54, 1.807) is 0 Å². The van der Waals surface area contributed by atoms with Crippen LogP contribution in [0.25, 0.3) is 0 Å². The molecule has 0 heterocycles. The van der Waals surface area contributed by atoms with E-state index in [9.17, 15) is 0 Å². The molecule has 0 amide bonds. The predicted octanol–water partition coefficient (Wildman–Crippen LogP) is 0.556. The zero-order valence-corrected chi connectivity index (χ0v) is 10.3. The second-order valence-corrected chi connectivity index (χ2v) is 5.49. The van der Waals surface area contributed by atoms with Crippen LogP contribution in [0.1, 0.15) is 6.42 Å². The smallest absolute Gasteiger partial charge is 0.0609 e. The summed E-state index contributed by atoms with van der Waals surface area (Å²) in [6.45, 7) is 3.78. The van der Waals surface area contributed by atoms with Crippen molar-refractivity contribution in [2.75, 3.05) is 28.2 Å². The molecule has 0 aliphatic carbocycles. The van der Waals surface area contributed by atoms with E-state index >= 15 is 0 Å². The van der Waals surface area contributed by atoms with E-state index in [-0.39, 0.29) is 9.52 Å². The predicted molar refractivity (Wildman–Crippen MR) is 59.3 cm³/mol. The minimum absolute atomic E-state index is 0.0255. The molecule has 0 aromatic heterocycles. The summed E-state index contributed by atoms with van der Waals surface area (Å²) >= 11 is 0. The van der Waals surface area contributed by atoms with Gasteiger partial charge in [0, 0.05) is 9.52 Å². The Kier molecular flexibility index (Phi) is 6.33. The number of nitrogens with zero attached hydrogens (tertiary/aromatic N) is 2. The lowest BCUT2D eigenvalue weighted by molar-refractivity contribution is 0.125. The van der Waals surface area contributed by atoms with E-state index in [2.05, 4.69) is 50.3 Å². The lowest BCUT2D eigenvalue weighted by Crippen LogP contribution is -2.40. The molecular weight excluding hydrogens is 164 g/mol. The molecule has 0 aromatic carbocycles. The van der Waals surface area contributed by atoms with Crippen molar-refractivity contribution in [3.05, 3.63) is 12.3 Å². The molecule has 0 unspecified atom stereocenters. The van der Waals surface area contributed by atoms with Crippen LogP contribution in [-0.4, -0.2) is 53.7 Å². The fourth-order valence-corrected chi connectivity index (χ4v) is 2.31. The van der Waals surface area contributed by atoms with E-state index in [0.717, 1.165) is 0 Å². The lowest BCUT2D eigenvalue weighted by atomic mass is 10.3. The highest BCUT2D eigenvalue weighted by Gasteiger charge is 2.11. The normalized spacial score (nSPS) is 12.6. The molecule has 0 saturated heterocycles. The van der Waals surface area contributed by atoms with Gasteiger partial charge < -0.3 is 0 Å². The molecule has 0 aromatic rings. The molecule has 0 aliphatic heterocycles. The quantitative estimate of drug-likeness (QED) is 0.340. The van der Waals surface area contributed by atoms with Crippen LogP contribution >= 0.6 is 0 Å². The van der Waals surface area contributed by atoms with Crippen LogP contribution < -0.4 is 0 Å². The molecule has 12 heavy (non-hydrogen) atoms. The summed E-state index contributed by atoms with van der Waals surface area (Å²) in [7, 11) is 8.58. The first-order valence-corrected chi connectivity index (χ1v) is 6.35. The third-order valence-electron chi connectivity index (χ3n) is 2.06. The Morgan fingerprint density at radius 1 is 1.25 bits per heavy atom. The van der Waals surface area contributed by atoms with Crippen LogP contribution in [0.4, 0.5) is 0 Å². The summed E-state index contributed by atoms with van der Waals surface area (Å²) < 4.78 is 0. The molecule has 72 valence electrons. The third kappa shape index (κ3) is 4.69. The average Bonchev–Trinajstić information content (AvgIpc) is 1.96. The Balaban J connectivity index is 3.71. The van der Waals surface area contributed by atoms with Gasteiger partial charge in [-0.25, -0.2) is 0 Å². The Hall–Kier alpha value is -0.123. The van der Waals surface area contributed by atoms with E-state index in [4.69, 9.17) is 0 Å². The van der Waals surface area contributed by atoms with Gasteiger partial charge in [0.15, 0.2) is 0 Å². The Morgan fingerprint density at radius 3 is 2.08 bits per heavy atom. The van der Waals surface area contributed by atoms with Crippen LogP contribution in [0.5, 0.6) is 0 Å². The Morgan fingerprint density at radius 2 is 1.75 bits per heavy atom. The molecule has 0 radical (unpaired) electrons. The average molecular weight is 186 g/mol. The SMILES string of the molecule is C=C[SiH2]CCC(N(C)C)N(C)C. The molecule has 2 nitrogen and oxygen atoms in total. The van der Waals surface area contributed by atoms with Crippen molar-refractivity contribution >= 4 is 9.52 Å². The van der Waals surface area contributed by atoms with Gasteiger partial charge in [-0.05, 0) is 34.6 Å². The van der Waals surface area contributed by atoms with Gasteiger partial charge in [0.05, 0.1) is 6.17 Å². The fourth-order valence-electron chi connectivity index (χ4n) is 1.42. The van der Waals surface area contributed by atoms with Gasteiger partial charge in [0.1, 0.15) is 0 Å². The summed E-state index contributed by atoms with van der Waals surface area (Å²) in [6.07, 6.45) is 1.87. The van der Waals surface area contributed by atoms with Crippen LogP contribution in [0.2, 0.25) is 6.04 Å². The lowest BCUT2D eigenvalue weighted by Gasteiger charge is -2.30. The second kappa shape index (κ2) is 6.40. The summed E-state index contributed by atoms with van der Waals surface area (Å²) in [5, 5.41) is 0. The van der Waals surface area contributed by atoms with Gasteiger partial charge in [0.2, 0.25) is 0 Å². The third-order valence-corrected chi connectivity index (χ3v) is 3.29. The topological polar surface area (TPSA) is 6.48 Å². The van der Waals surface area contributed by atoms with Gasteiger partial charge in [-0.3, -0.25) is 9.80 Å². The Bertz CT molecular complexity index is 116. The molecule has 3 heteroatoms. The first kappa shape index (κ1) is 11.9. The fraction of sp³-hybridized carbons (Fsp3) is 0.778. The van der Waals surface area contributed by atoms with E-state index < -0.39 is 0 Å². The first-order chi connectivity index (χ1) is 5.59. The highest BCUT2D eigenvalue weighted by atomic mass is 28.2. The van der Waals surface area contributed by atoms with Crippen molar-refractivity contribution in [2.45, 2.75) is 18.6 Å². The van der Waals surface area contributed by atoms with Gasteiger partial charge in [-0.1, -0.05) is 6.04 Å². The molecule has 0 spiro atoms. The molecule has 0 saturated carbocycles. The van der Waals surface area contributed by atoms with Crippen LogP contribution in [0, 0.1) is 0 Å². The molecular formula is C9H22N2Si. The maximum atomic E-state index is 3.78. The largest absolute Gasteiger partial charge is 0.294 e. The van der Waals surface area contributed by atoms with Crippen molar-refractivity contribution in [1.82, 2.24) is 9.80 Å². The maximum absolute atomic E-state index is 3.78. The summed E-state index contributed by atoms with van der Waals surface area (Å²) in [5.41, 5.74) is 2.13. The van der Waals surface area contributed by atoms with Crippen molar-refractivity contribution in [1.29, 1.82) is 0 Å². The van der Waals surface area contributed by atoms with Crippen LogP contribution in [-0.2, 0) is 0 Å². The van der Waals surface area contributed by atoms with Crippen LogP contribution in [0.15, 0.2) is 12.3 Å². The molecule has 0 aliphatic rings. The number of hydrogen-bond acceptors (Lipinski definition) is 2. The summed E-state index contributed by atoms with van der Waals surface area (Å²) in [6, 6.07) is 1.37. The van der Waals surface area contributed by atoms with E-state index in [1.165, 1.54) is 12.5 Å². The van der Waals surface area contributed by atoms with E-state index in [1.807, 2.05) is 0 Å². The number of rotatable bonds is 6. The summed E-state index contributed by atoms with van der Waals surface area (Å²) in [4.78, 5) is 4.55. The van der Waals surface area contributed by atoms with Crippen molar-refractivity contribution in [2.24, 2.45) is 0 Å². The van der Waals surface area contributed by atoms with Crippen molar-refractivity contribution in [3.63, 3.8) is 0 Å². The zero-order chi connectivity index (χ0) is 9.56. The first-order valence-electron chi connectivity index (χ1n) is 4.53. The van der Waals surface area contributed by atoms with Gasteiger partial charge in [-0.2, -0.15) is 0 Å². The highest BCUT2D eigenvalue weighted by molar-refractivity contribution is 6.41.